The van der Waals surface area contributed by atoms with Gasteiger partial charge in [0, 0.05) is 24.3 Å². The summed E-state index contributed by atoms with van der Waals surface area (Å²) in [5.41, 5.74) is 8.64. The summed E-state index contributed by atoms with van der Waals surface area (Å²) in [7, 11) is 0. The normalized spacial score (nSPS) is 10.2. The van der Waals surface area contributed by atoms with Crippen LogP contribution in [0.3, 0.4) is 0 Å². The van der Waals surface area contributed by atoms with E-state index in [1.54, 1.807) is 12.1 Å². The second-order valence-electron chi connectivity index (χ2n) is 5.77. The van der Waals surface area contributed by atoms with Gasteiger partial charge in [0.25, 0.3) is 5.91 Å². The number of ether oxygens (including phenoxy) is 1. The summed E-state index contributed by atoms with van der Waals surface area (Å²) in [4.78, 5) is 23.7. The van der Waals surface area contributed by atoms with Crippen molar-refractivity contribution in [1.29, 1.82) is 0 Å². The van der Waals surface area contributed by atoms with Crippen molar-refractivity contribution in [1.82, 2.24) is 0 Å². The van der Waals surface area contributed by atoms with E-state index >= 15 is 0 Å². The molecule has 0 aromatic heterocycles. The summed E-state index contributed by atoms with van der Waals surface area (Å²) < 4.78 is 5.45. The molecular weight excluding hydrogens is 318 g/mol. The number of nitrogens with two attached hydrogens (primary N) is 1. The molecule has 132 valence electrons. The lowest BCUT2D eigenvalue weighted by Gasteiger charge is -2.12. The Labute approximate surface area is 147 Å². The van der Waals surface area contributed by atoms with Crippen LogP contribution in [0.4, 0.5) is 11.4 Å². The fourth-order valence-corrected chi connectivity index (χ4v) is 2.16. The number of aryl methyl sites for hydroxylation is 2. The number of carbonyl (C=O) groups is 2. The molecule has 2 rings (SSSR count). The molecule has 4 N–H and O–H groups in total. The highest BCUT2D eigenvalue weighted by Crippen LogP contribution is 2.20. The van der Waals surface area contributed by atoms with Crippen molar-refractivity contribution in [3.8, 4) is 5.75 Å². The highest BCUT2D eigenvalue weighted by Gasteiger charge is 2.08. The number of benzene rings is 2. The van der Waals surface area contributed by atoms with Crippen LogP contribution in [-0.4, -0.2) is 25.0 Å². The van der Waals surface area contributed by atoms with E-state index in [0.29, 0.717) is 17.1 Å². The van der Waals surface area contributed by atoms with E-state index in [2.05, 4.69) is 10.6 Å². The van der Waals surface area contributed by atoms with Crippen LogP contribution in [0.2, 0.25) is 0 Å². The third kappa shape index (κ3) is 5.93. The Kier molecular flexibility index (Phi) is 6.54. The lowest BCUT2D eigenvalue weighted by Crippen LogP contribution is -2.20. The number of nitrogens with one attached hydrogen (secondary N) is 2. The number of carbonyl (C=O) groups excluding carboxylic acids is 2. The van der Waals surface area contributed by atoms with E-state index < -0.39 is 0 Å². The van der Waals surface area contributed by atoms with Crippen molar-refractivity contribution in [2.75, 3.05) is 23.8 Å². The molecule has 0 saturated carbocycles. The maximum absolute atomic E-state index is 12.0. The summed E-state index contributed by atoms with van der Waals surface area (Å²) >= 11 is 0. The van der Waals surface area contributed by atoms with Crippen LogP contribution in [0.5, 0.6) is 5.75 Å². The Morgan fingerprint density at radius 3 is 2.40 bits per heavy atom. The topological polar surface area (TPSA) is 93.5 Å². The molecule has 0 unspecified atom stereocenters. The minimum atomic E-state index is -0.274. The van der Waals surface area contributed by atoms with Gasteiger partial charge in [-0.1, -0.05) is 23.8 Å². The molecule has 6 heteroatoms. The van der Waals surface area contributed by atoms with Crippen molar-refractivity contribution < 1.29 is 14.3 Å². The first-order valence-electron chi connectivity index (χ1n) is 8.08. The second kappa shape index (κ2) is 8.84. The van der Waals surface area contributed by atoms with Gasteiger partial charge in [0.05, 0.1) is 0 Å². The summed E-state index contributed by atoms with van der Waals surface area (Å²) in [5, 5.41) is 5.54. The fourth-order valence-electron chi connectivity index (χ4n) is 2.16. The summed E-state index contributed by atoms with van der Waals surface area (Å²) in [6.07, 6.45) is 0.250. The largest absolute Gasteiger partial charge is 0.484 e. The average molecular weight is 341 g/mol. The van der Waals surface area contributed by atoms with Gasteiger partial charge in [-0.25, -0.2) is 0 Å². The third-order valence-corrected chi connectivity index (χ3v) is 3.56. The zero-order chi connectivity index (χ0) is 18.2. The average Bonchev–Trinajstić information content (AvgIpc) is 2.57. The summed E-state index contributed by atoms with van der Waals surface area (Å²) in [6, 6.07) is 12.8. The molecule has 0 atom stereocenters. The Bertz CT molecular complexity index is 742. The van der Waals surface area contributed by atoms with E-state index in [9.17, 15) is 9.59 Å². The van der Waals surface area contributed by atoms with Crippen LogP contribution >= 0.6 is 0 Å². The second-order valence-corrected chi connectivity index (χ2v) is 5.77. The Hall–Kier alpha value is -2.86. The molecule has 0 aliphatic rings. The van der Waals surface area contributed by atoms with E-state index in [-0.39, 0.29) is 31.4 Å². The fraction of sp³-hybridized carbons (Fsp3) is 0.263. The maximum atomic E-state index is 12.0. The van der Waals surface area contributed by atoms with Crippen molar-refractivity contribution >= 4 is 23.2 Å². The molecule has 0 spiro atoms. The Balaban J connectivity index is 1.93. The predicted molar refractivity (Wildman–Crippen MR) is 98.8 cm³/mol. The maximum Gasteiger partial charge on any atom is 0.262 e. The van der Waals surface area contributed by atoms with Crippen LogP contribution in [0.1, 0.15) is 17.5 Å². The molecule has 25 heavy (non-hydrogen) atoms. The molecule has 0 heterocycles. The minimum absolute atomic E-state index is 0.0915. The minimum Gasteiger partial charge on any atom is -0.484 e. The number of hydrogen-bond donors (Lipinski definition) is 3. The van der Waals surface area contributed by atoms with Gasteiger partial charge in [0.15, 0.2) is 6.61 Å². The number of hydrogen-bond acceptors (Lipinski definition) is 4. The van der Waals surface area contributed by atoms with Crippen LogP contribution < -0.4 is 21.1 Å². The first-order valence-corrected chi connectivity index (χ1v) is 8.08. The van der Waals surface area contributed by atoms with Gasteiger partial charge in [0.2, 0.25) is 5.91 Å². The molecule has 2 aromatic carbocycles. The molecule has 0 radical (unpaired) electrons. The molecule has 0 fully saturated rings. The highest BCUT2D eigenvalue weighted by atomic mass is 16.5. The third-order valence-electron chi connectivity index (χ3n) is 3.56. The monoisotopic (exact) mass is 341 g/mol. The molecule has 0 aliphatic heterocycles. The van der Waals surface area contributed by atoms with E-state index in [1.165, 1.54) is 0 Å². The van der Waals surface area contributed by atoms with Crippen LogP contribution in [-0.2, 0) is 9.59 Å². The Morgan fingerprint density at radius 1 is 1.00 bits per heavy atom. The first-order chi connectivity index (χ1) is 12.0. The van der Waals surface area contributed by atoms with Crippen LogP contribution in [0.25, 0.3) is 0 Å². The molecule has 0 bridgehead atoms. The standard InChI is InChI=1S/C19H23N3O3/c1-13-3-7-16(8-4-13)25-12-19(24)21-15-6-5-14(2)17(11-15)22-18(23)9-10-20/h3-8,11H,9-10,12,20H2,1-2H3,(H,21,24)(H,22,23). The van der Waals surface area contributed by atoms with Gasteiger partial charge in [-0.3, -0.25) is 9.59 Å². The van der Waals surface area contributed by atoms with Gasteiger partial charge in [0.1, 0.15) is 5.75 Å². The quantitative estimate of drug-likeness (QED) is 0.721. The number of anilines is 2. The van der Waals surface area contributed by atoms with Gasteiger partial charge < -0.3 is 21.1 Å². The van der Waals surface area contributed by atoms with Gasteiger partial charge in [-0.15, -0.1) is 0 Å². The van der Waals surface area contributed by atoms with Crippen molar-refractivity contribution in [2.24, 2.45) is 5.73 Å². The van der Waals surface area contributed by atoms with Gasteiger partial charge in [-0.2, -0.15) is 0 Å². The lowest BCUT2D eigenvalue weighted by atomic mass is 10.1. The van der Waals surface area contributed by atoms with E-state index in [4.69, 9.17) is 10.5 Å². The molecule has 0 saturated heterocycles. The van der Waals surface area contributed by atoms with Crippen LogP contribution in [0.15, 0.2) is 42.5 Å². The molecule has 2 amide bonds. The summed E-state index contributed by atoms with van der Waals surface area (Å²) in [5.74, 6) is 0.208. The first kappa shape index (κ1) is 18.5. The molecular formula is C19H23N3O3. The number of amides is 2. The van der Waals surface area contributed by atoms with E-state index in [1.807, 2.05) is 44.2 Å². The van der Waals surface area contributed by atoms with Crippen LogP contribution in [0, 0.1) is 13.8 Å². The lowest BCUT2D eigenvalue weighted by molar-refractivity contribution is -0.118. The zero-order valence-electron chi connectivity index (χ0n) is 14.5. The van der Waals surface area contributed by atoms with E-state index in [0.717, 1.165) is 11.1 Å². The van der Waals surface area contributed by atoms with Crippen molar-refractivity contribution in [3.05, 3.63) is 53.6 Å². The zero-order valence-corrected chi connectivity index (χ0v) is 14.5. The smallest absolute Gasteiger partial charge is 0.262 e. The predicted octanol–water partition coefficient (Wildman–Crippen LogP) is 2.61. The van der Waals surface area contributed by atoms with Crippen molar-refractivity contribution in [3.63, 3.8) is 0 Å². The highest BCUT2D eigenvalue weighted by molar-refractivity contribution is 5.95. The molecule has 2 aromatic rings. The van der Waals surface area contributed by atoms with Gasteiger partial charge >= 0.3 is 0 Å². The summed E-state index contributed by atoms with van der Waals surface area (Å²) in [6.45, 7) is 4.06. The molecule has 6 nitrogen and oxygen atoms in total. The Morgan fingerprint density at radius 2 is 1.72 bits per heavy atom. The van der Waals surface area contributed by atoms with Crippen molar-refractivity contribution in [2.45, 2.75) is 20.3 Å². The molecule has 0 aliphatic carbocycles. The van der Waals surface area contributed by atoms with Gasteiger partial charge in [-0.05, 0) is 43.7 Å². The SMILES string of the molecule is Cc1ccc(OCC(=O)Nc2ccc(C)c(NC(=O)CCN)c2)cc1. The number of rotatable bonds is 7.